The maximum absolute atomic E-state index is 13.2. The van der Waals surface area contributed by atoms with Crippen LogP contribution in [0.3, 0.4) is 0 Å². The third-order valence-corrected chi connectivity index (χ3v) is 6.23. The number of nitrogens with one attached hydrogen (secondary N) is 1. The molecule has 0 unspecified atom stereocenters. The van der Waals surface area contributed by atoms with Crippen LogP contribution in [0.1, 0.15) is 49.2 Å². The van der Waals surface area contributed by atoms with Gasteiger partial charge in [0.2, 0.25) is 5.91 Å². The minimum atomic E-state index is -0.0836. The fourth-order valence-electron chi connectivity index (χ4n) is 4.85. The first-order valence-electron chi connectivity index (χ1n) is 9.82. The second-order valence-electron chi connectivity index (χ2n) is 7.80. The second-order valence-corrected chi connectivity index (χ2v) is 7.80. The number of carbonyl (C=O) groups is 1. The van der Waals surface area contributed by atoms with E-state index < -0.39 is 0 Å². The van der Waals surface area contributed by atoms with Crippen LogP contribution in [-0.4, -0.2) is 44.2 Å². The zero-order valence-corrected chi connectivity index (χ0v) is 15.6. The quantitative estimate of drug-likeness (QED) is 0.839. The van der Waals surface area contributed by atoms with Gasteiger partial charge >= 0.3 is 0 Å². The van der Waals surface area contributed by atoms with Gasteiger partial charge in [0.1, 0.15) is 0 Å². The number of aryl methyl sites for hydroxylation is 1. The molecule has 2 saturated heterocycles. The number of hydrogen-bond donors (Lipinski definition) is 1. The molecule has 5 heterocycles. The smallest absolute Gasteiger partial charge is 0.276 e. The predicted molar refractivity (Wildman–Crippen MR) is 99.5 cm³/mol. The van der Waals surface area contributed by atoms with Gasteiger partial charge in [0.15, 0.2) is 5.65 Å². The minimum Gasteiger partial charge on any atom is -0.366 e. The van der Waals surface area contributed by atoms with Crippen molar-refractivity contribution >= 4 is 11.6 Å². The Hall–Kier alpha value is -2.41. The summed E-state index contributed by atoms with van der Waals surface area (Å²) in [6.45, 7) is 4.59. The molecule has 0 aliphatic carbocycles. The summed E-state index contributed by atoms with van der Waals surface area (Å²) in [5, 5.41) is 3.22. The van der Waals surface area contributed by atoms with Crippen LogP contribution in [0.4, 0.5) is 0 Å². The number of ether oxygens (including phenoxy) is 1. The number of carbonyl (C=O) groups excluding carboxylic acids is 1. The van der Waals surface area contributed by atoms with Gasteiger partial charge in [0, 0.05) is 23.9 Å². The second kappa shape index (κ2) is 6.05. The normalized spacial score (nSPS) is 29.3. The van der Waals surface area contributed by atoms with Crippen molar-refractivity contribution in [3.63, 3.8) is 0 Å². The summed E-state index contributed by atoms with van der Waals surface area (Å²) in [5.74, 6) is 0.0819. The van der Waals surface area contributed by atoms with E-state index in [2.05, 4.69) is 16.2 Å². The monoisotopic (exact) mass is 368 g/mol. The molecule has 7 heteroatoms. The molecule has 4 atom stereocenters. The molecule has 2 aromatic rings. The molecule has 1 N–H and O–H groups in total. The van der Waals surface area contributed by atoms with Crippen LogP contribution >= 0.6 is 0 Å². The van der Waals surface area contributed by atoms with E-state index in [9.17, 15) is 9.59 Å². The molecule has 0 saturated carbocycles. The van der Waals surface area contributed by atoms with E-state index in [0.29, 0.717) is 12.1 Å². The van der Waals surface area contributed by atoms with Crippen LogP contribution in [0, 0.1) is 12.8 Å². The summed E-state index contributed by atoms with van der Waals surface area (Å²) in [6, 6.07) is 1.88. The Morgan fingerprint density at radius 1 is 1.41 bits per heavy atom. The Morgan fingerprint density at radius 2 is 2.26 bits per heavy atom. The number of likely N-dealkylation sites (tertiary alicyclic amines) is 1. The van der Waals surface area contributed by atoms with Gasteiger partial charge in [-0.2, -0.15) is 0 Å². The van der Waals surface area contributed by atoms with Crippen molar-refractivity contribution < 1.29 is 9.53 Å². The van der Waals surface area contributed by atoms with E-state index in [1.807, 2.05) is 30.9 Å². The lowest BCUT2D eigenvalue weighted by molar-refractivity contribution is -0.137. The fraction of sp³-hybridized carbons (Fsp3) is 0.550. The van der Waals surface area contributed by atoms with E-state index in [1.54, 1.807) is 0 Å². The lowest BCUT2D eigenvalue weighted by atomic mass is 9.92. The van der Waals surface area contributed by atoms with Gasteiger partial charge in [-0.1, -0.05) is 19.1 Å². The number of hydrogen-bond acceptors (Lipinski definition) is 4. The summed E-state index contributed by atoms with van der Waals surface area (Å²) >= 11 is 0. The third-order valence-electron chi connectivity index (χ3n) is 6.23. The minimum absolute atomic E-state index is 0.0351. The summed E-state index contributed by atoms with van der Waals surface area (Å²) < 4.78 is 7.31. The lowest BCUT2D eigenvalue weighted by Gasteiger charge is -2.28. The first kappa shape index (κ1) is 16.7. The maximum Gasteiger partial charge on any atom is 0.276 e. The Labute approximate surface area is 157 Å². The molecular weight excluding hydrogens is 344 g/mol. The highest BCUT2D eigenvalue weighted by molar-refractivity contribution is 5.81. The van der Waals surface area contributed by atoms with Crippen molar-refractivity contribution in [2.24, 2.45) is 5.92 Å². The van der Waals surface area contributed by atoms with E-state index >= 15 is 0 Å². The van der Waals surface area contributed by atoms with Gasteiger partial charge in [-0.3, -0.25) is 14.7 Å². The molecule has 0 radical (unpaired) electrons. The maximum atomic E-state index is 13.2. The number of nitrogens with zero attached hydrogens (tertiary/aromatic N) is 3. The van der Waals surface area contributed by atoms with Crippen molar-refractivity contribution in [2.45, 2.75) is 57.8 Å². The van der Waals surface area contributed by atoms with E-state index in [-0.39, 0.29) is 35.6 Å². The first-order valence-corrected chi connectivity index (χ1v) is 9.82. The first-order chi connectivity index (χ1) is 13.1. The Kier molecular flexibility index (Phi) is 3.75. The predicted octanol–water partition coefficient (Wildman–Crippen LogP) is 1.90. The van der Waals surface area contributed by atoms with Gasteiger partial charge in [0.05, 0.1) is 29.9 Å². The highest BCUT2D eigenvalue weighted by Crippen LogP contribution is 2.39. The van der Waals surface area contributed by atoms with Gasteiger partial charge in [-0.25, -0.2) is 9.50 Å². The Balaban J connectivity index is 1.48. The van der Waals surface area contributed by atoms with E-state index in [1.165, 1.54) is 4.52 Å². The summed E-state index contributed by atoms with van der Waals surface area (Å²) in [5.41, 5.74) is 2.96. The zero-order chi connectivity index (χ0) is 18.7. The van der Waals surface area contributed by atoms with Crippen molar-refractivity contribution in [1.29, 1.82) is 0 Å². The highest BCUT2D eigenvalue weighted by Gasteiger charge is 2.45. The number of aromatic nitrogens is 3. The molecule has 0 aromatic carbocycles. The summed E-state index contributed by atoms with van der Waals surface area (Å²) in [6.07, 6.45) is 7.37. The van der Waals surface area contributed by atoms with Crippen LogP contribution in [0.5, 0.6) is 0 Å². The number of rotatable bonds is 3. The van der Waals surface area contributed by atoms with Gasteiger partial charge < -0.3 is 9.64 Å². The Morgan fingerprint density at radius 3 is 2.96 bits per heavy atom. The molecule has 3 aliphatic rings. The van der Waals surface area contributed by atoms with Crippen molar-refractivity contribution in [3.05, 3.63) is 45.5 Å². The number of aromatic amines is 1. The molecule has 142 valence electrons. The average Bonchev–Trinajstić information content (AvgIpc) is 3.42. The molecule has 2 fully saturated rings. The van der Waals surface area contributed by atoms with Crippen molar-refractivity contribution in [2.75, 3.05) is 6.54 Å². The standard InChI is InChI=1S/C20H24N4O3/c1-3-13-11(2)21-18-10-15(22-24(18)20(13)26)16-5-4-8-23(16)19(25)14-9-12-6-7-17(14)27-12/h6-7,10,12,14,16-17,22H,3-5,8-9H2,1-2H3/t12-,14+,16-,17-/m1/s1. The molecule has 2 aromatic heterocycles. The molecule has 1 amide bonds. The van der Waals surface area contributed by atoms with E-state index in [0.717, 1.165) is 42.8 Å². The third kappa shape index (κ3) is 2.48. The van der Waals surface area contributed by atoms with Gasteiger partial charge in [-0.15, -0.1) is 0 Å². The highest BCUT2D eigenvalue weighted by atomic mass is 16.5. The molecule has 5 rings (SSSR count). The lowest BCUT2D eigenvalue weighted by Crippen LogP contribution is -2.39. The zero-order valence-electron chi connectivity index (χ0n) is 15.6. The average molecular weight is 368 g/mol. The SMILES string of the molecule is CCc1c(C)nc2cc([C@H]3CCCN3C(=O)[C@H]3C[C@H]4C=C[C@H]3O4)[nH]n2c1=O. The van der Waals surface area contributed by atoms with Gasteiger partial charge in [0.25, 0.3) is 5.56 Å². The summed E-state index contributed by atoms with van der Waals surface area (Å²) in [7, 11) is 0. The van der Waals surface area contributed by atoms with Crippen molar-refractivity contribution in [3.8, 4) is 0 Å². The van der Waals surface area contributed by atoms with Crippen LogP contribution in [-0.2, 0) is 16.0 Å². The Bertz CT molecular complexity index is 1000. The molecule has 0 spiro atoms. The summed E-state index contributed by atoms with van der Waals surface area (Å²) in [4.78, 5) is 32.4. The molecule has 27 heavy (non-hydrogen) atoms. The largest absolute Gasteiger partial charge is 0.366 e. The van der Waals surface area contributed by atoms with Crippen LogP contribution in [0.2, 0.25) is 0 Å². The molecular formula is C20H24N4O3. The fourth-order valence-corrected chi connectivity index (χ4v) is 4.85. The van der Waals surface area contributed by atoms with Crippen LogP contribution in [0.15, 0.2) is 23.0 Å². The van der Waals surface area contributed by atoms with Gasteiger partial charge in [-0.05, 0) is 32.6 Å². The molecule has 7 nitrogen and oxygen atoms in total. The van der Waals surface area contributed by atoms with Crippen LogP contribution in [0.25, 0.3) is 5.65 Å². The van der Waals surface area contributed by atoms with E-state index in [4.69, 9.17) is 4.74 Å². The number of amides is 1. The number of fused-ring (bicyclic) bond motifs is 3. The topological polar surface area (TPSA) is 79.7 Å². The number of H-pyrrole nitrogens is 1. The molecule has 3 aliphatic heterocycles. The van der Waals surface area contributed by atoms with Crippen LogP contribution < -0.4 is 5.56 Å². The van der Waals surface area contributed by atoms with Crippen molar-refractivity contribution in [1.82, 2.24) is 19.5 Å². The molecule has 2 bridgehead atoms.